The van der Waals surface area contributed by atoms with Crippen LogP contribution in [0.25, 0.3) is 0 Å². The summed E-state index contributed by atoms with van der Waals surface area (Å²) in [5.74, 6) is 0. The molecule has 0 amide bonds. The van der Waals surface area contributed by atoms with Crippen molar-refractivity contribution in [3.8, 4) is 0 Å². The molecule has 1 aromatic rings. The van der Waals surface area contributed by atoms with Crippen molar-refractivity contribution in [1.82, 2.24) is 0 Å². The predicted octanol–water partition coefficient (Wildman–Crippen LogP) is 1.86. The van der Waals surface area contributed by atoms with E-state index in [0.717, 1.165) is 12.1 Å². The number of aliphatic imine (C=N–C) groups is 1. The molecule has 0 aliphatic carbocycles. The molecule has 2 heteroatoms. The Morgan fingerprint density at radius 1 is 1.06 bits per heavy atom. The van der Waals surface area contributed by atoms with E-state index in [2.05, 4.69) is 50.2 Å². The van der Waals surface area contributed by atoms with Gasteiger partial charge in [0.2, 0.25) is 0 Å². The molecule has 0 saturated carbocycles. The van der Waals surface area contributed by atoms with Crippen LogP contribution >= 0.6 is 0 Å². The molecule has 1 nitrogen and oxygen atoms in total. The van der Waals surface area contributed by atoms with Gasteiger partial charge in [-0.15, -0.1) is 11.1 Å². The number of rotatable bonds is 6. The number of benzene rings is 1. The van der Waals surface area contributed by atoms with Gasteiger partial charge in [-0.1, -0.05) is 76.8 Å². The summed E-state index contributed by atoms with van der Waals surface area (Å²) in [6.07, 6.45) is 9.27. The van der Waals surface area contributed by atoms with Gasteiger partial charge in [0.05, 0.1) is 0 Å². The van der Waals surface area contributed by atoms with Gasteiger partial charge in [-0.2, -0.15) is 6.21 Å². The molecule has 0 aliphatic heterocycles. The Kier molecular flexibility index (Phi) is 9.22. The van der Waals surface area contributed by atoms with Crippen LogP contribution in [0.15, 0.2) is 23.2 Å². The molecule has 0 aromatic heterocycles. The summed E-state index contributed by atoms with van der Waals surface area (Å²) < 4.78 is 0. The summed E-state index contributed by atoms with van der Waals surface area (Å²) in [5, 5.41) is 0. The fourth-order valence-corrected chi connectivity index (χ4v) is 1.75. The predicted molar refractivity (Wildman–Crippen MR) is 71.8 cm³/mol. The minimum absolute atomic E-state index is 0. The maximum atomic E-state index is 4.45. The van der Waals surface area contributed by atoms with Crippen LogP contribution in [0.5, 0.6) is 0 Å². The van der Waals surface area contributed by atoms with Crippen LogP contribution in [0.1, 0.15) is 50.2 Å². The number of hydrogen-bond acceptors (Lipinski definition) is 1. The van der Waals surface area contributed by atoms with Crippen LogP contribution in [-0.2, 0) is 0 Å². The zero-order valence-electron chi connectivity index (χ0n) is 11.7. The molecule has 0 bridgehead atoms. The van der Waals surface area contributed by atoms with Crippen LogP contribution in [0.4, 0.5) is 5.69 Å². The third-order valence-electron chi connectivity index (χ3n) is 2.77. The van der Waals surface area contributed by atoms with E-state index in [1.165, 1.54) is 36.8 Å². The fraction of sp³-hybridized carbons (Fsp3) is 0.533. The Morgan fingerprint density at radius 3 is 2.29 bits per heavy atom. The van der Waals surface area contributed by atoms with Gasteiger partial charge in [-0.3, -0.25) is 0 Å². The molecule has 0 aliphatic rings. The number of hydrogen-bond donors (Lipinski definition) is 0. The maximum Gasteiger partial charge on any atom is 1.00 e. The van der Waals surface area contributed by atoms with Crippen molar-refractivity contribution in [2.75, 3.05) is 0 Å². The summed E-state index contributed by atoms with van der Waals surface area (Å²) >= 11 is 0. The summed E-state index contributed by atoms with van der Waals surface area (Å²) in [6.45, 7) is 6.43. The van der Waals surface area contributed by atoms with E-state index in [1.807, 2.05) is 0 Å². The molecule has 0 heterocycles. The van der Waals surface area contributed by atoms with Gasteiger partial charge in [0.25, 0.3) is 0 Å². The first kappa shape index (κ1) is 16.5. The second-order valence-electron chi connectivity index (χ2n) is 4.32. The SMILES string of the molecule is CCCCCC[C-]=Nc1c(C)cccc1C.[Li+]. The van der Waals surface area contributed by atoms with Crippen LogP contribution in [0, 0.1) is 13.8 Å². The number of para-hydroxylation sites is 1. The zero-order chi connectivity index (χ0) is 11.8. The van der Waals surface area contributed by atoms with E-state index < -0.39 is 0 Å². The van der Waals surface area contributed by atoms with Crippen molar-refractivity contribution in [3.63, 3.8) is 0 Å². The molecule has 1 aromatic carbocycles. The first-order valence-electron chi connectivity index (χ1n) is 6.25. The quantitative estimate of drug-likeness (QED) is 0.302. The first-order valence-corrected chi connectivity index (χ1v) is 6.25. The Balaban J connectivity index is 0.00000256. The van der Waals surface area contributed by atoms with E-state index >= 15 is 0 Å². The van der Waals surface area contributed by atoms with Crippen molar-refractivity contribution in [2.45, 2.75) is 52.9 Å². The van der Waals surface area contributed by atoms with Gasteiger partial charge in [0.15, 0.2) is 0 Å². The normalized spacial score (nSPS) is 10.5. The summed E-state index contributed by atoms with van der Waals surface area (Å²) in [6, 6.07) is 6.28. The van der Waals surface area contributed by atoms with E-state index in [-0.39, 0.29) is 18.9 Å². The van der Waals surface area contributed by atoms with Crippen LogP contribution in [0.3, 0.4) is 0 Å². The molecule has 0 spiro atoms. The summed E-state index contributed by atoms with van der Waals surface area (Å²) in [5.41, 5.74) is 3.57. The van der Waals surface area contributed by atoms with Gasteiger partial charge < -0.3 is 4.99 Å². The largest absolute Gasteiger partial charge is 1.00 e. The average Bonchev–Trinajstić information content (AvgIpc) is 2.26. The molecule has 17 heavy (non-hydrogen) atoms. The minimum atomic E-state index is 0. The van der Waals surface area contributed by atoms with E-state index in [1.54, 1.807) is 0 Å². The second kappa shape index (κ2) is 9.51. The van der Waals surface area contributed by atoms with Gasteiger partial charge in [0, 0.05) is 0 Å². The van der Waals surface area contributed by atoms with Crippen molar-refractivity contribution >= 4 is 11.9 Å². The smallest absolute Gasteiger partial charge is 0.456 e. The van der Waals surface area contributed by atoms with Gasteiger partial charge >= 0.3 is 18.9 Å². The summed E-state index contributed by atoms with van der Waals surface area (Å²) in [4.78, 5) is 4.45. The molecular weight excluding hydrogens is 201 g/mol. The van der Waals surface area contributed by atoms with Crippen LogP contribution in [-0.4, -0.2) is 6.21 Å². The average molecular weight is 223 g/mol. The molecule has 0 unspecified atom stereocenters. The first-order chi connectivity index (χ1) is 7.75. The van der Waals surface area contributed by atoms with Crippen molar-refractivity contribution < 1.29 is 18.9 Å². The Morgan fingerprint density at radius 2 is 1.71 bits per heavy atom. The van der Waals surface area contributed by atoms with Gasteiger partial charge in [-0.05, 0) is 0 Å². The second-order valence-corrected chi connectivity index (χ2v) is 4.32. The molecule has 0 fully saturated rings. The third-order valence-corrected chi connectivity index (χ3v) is 2.77. The van der Waals surface area contributed by atoms with E-state index in [4.69, 9.17) is 0 Å². The van der Waals surface area contributed by atoms with Crippen molar-refractivity contribution in [2.24, 2.45) is 4.99 Å². The Hall–Kier alpha value is -0.513. The Labute approximate surface area is 118 Å². The molecular formula is C15H22LiN. The number of unbranched alkanes of at least 4 members (excludes halogenated alkanes) is 4. The maximum absolute atomic E-state index is 4.45. The van der Waals surface area contributed by atoms with Gasteiger partial charge in [-0.25, -0.2) is 0 Å². The standard InChI is InChI=1S/C15H22N.Li/c1-4-5-6-7-8-12-16-15-13(2)10-9-11-14(15)3;/h9-11H,4-8H2,1-3H3;/q-1;+1. The summed E-state index contributed by atoms with van der Waals surface area (Å²) in [7, 11) is 0. The van der Waals surface area contributed by atoms with Crippen LogP contribution in [0.2, 0.25) is 0 Å². The van der Waals surface area contributed by atoms with E-state index in [9.17, 15) is 0 Å². The minimum Gasteiger partial charge on any atom is -0.456 e. The molecule has 0 saturated heterocycles. The Bertz CT molecular complexity index is 325. The van der Waals surface area contributed by atoms with Gasteiger partial charge in [0.1, 0.15) is 0 Å². The molecule has 0 N–H and O–H groups in total. The van der Waals surface area contributed by atoms with Crippen molar-refractivity contribution in [3.05, 3.63) is 29.3 Å². The molecule has 0 atom stereocenters. The number of aryl methyl sites for hydroxylation is 2. The van der Waals surface area contributed by atoms with E-state index in [0.29, 0.717) is 0 Å². The molecule has 0 radical (unpaired) electrons. The topological polar surface area (TPSA) is 12.4 Å². The monoisotopic (exact) mass is 223 g/mol. The fourth-order valence-electron chi connectivity index (χ4n) is 1.75. The molecule has 1 rings (SSSR count). The zero-order valence-corrected chi connectivity index (χ0v) is 11.7. The molecule has 88 valence electrons. The third kappa shape index (κ3) is 6.10. The number of nitrogens with zero attached hydrogens (tertiary/aromatic N) is 1. The van der Waals surface area contributed by atoms with Crippen LogP contribution < -0.4 is 18.9 Å². The van der Waals surface area contributed by atoms with Crippen molar-refractivity contribution in [1.29, 1.82) is 0 Å².